The Hall–Kier alpha value is -3.18. The van der Waals surface area contributed by atoms with Crippen LogP contribution >= 0.6 is 0 Å². The van der Waals surface area contributed by atoms with E-state index in [9.17, 15) is 8.42 Å². The molecule has 0 radical (unpaired) electrons. The van der Waals surface area contributed by atoms with Crippen molar-refractivity contribution in [3.05, 3.63) is 89.1 Å². The van der Waals surface area contributed by atoms with E-state index in [1.807, 2.05) is 76.2 Å². The molecule has 3 aromatic carbocycles. The van der Waals surface area contributed by atoms with Gasteiger partial charge in [-0.2, -0.15) is 0 Å². The third-order valence-electron chi connectivity index (χ3n) is 5.39. The Morgan fingerprint density at radius 3 is 2.17 bits per heavy atom. The van der Waals surface area contributed by atoms with E-state index < -0.39 is 9.84 Å². The van der Waals surface area contributed by atoms with Crippen LogP contribution in [0.2, 0.25) is 0 Å². The van der Waals surface area contributed by atoms with E-state index in [0.717, 1.165) is 38.8 Å². The van der Waals surface area contributed by atoms with Gasteiger partial charge in [0.1, 0.15) is 4.90 Å². The monoisotopic (exact) mass is 416 g/mol. The standard InChI is InChI=1S/C25H24N2O2S/c1-16-5-9-20(10-6-16)27-25-22-13-17(2)7-12-23(22)26-15-24(25)30(28,29)21-11-8-18(3)19(4)14-21/h5-15H,1-4H3,(H,26,27). The van der Waals surface area contributed by atoms with Gasteiger partial charge in [-0.05, 0) is 75.2 Å². The highest BCUT2D eigenvalue weighted by molar-refractivity contribution is 7.91. The normalized spacial score (nSPS) is 11.6. The minimum atomic E-state index is -3.77. The topological polar surface area (TPSA) is 59.1 Å². The van der Waals surface area contributed by atoms with Gasteiger partial charge < -0.3 is 5.32 Å². The van der Waals surface area contributed by atoms with Crippen molar-refractivity contribution in [1.29, 1.82) is 0 Å². The van der Waals surface area contributed by atoms with Crippen LogP contribution < -0.4 is 5.32 Å². The first-order valence-electron chi connectivity index (χ1n) is 9.81. The summed E-state index contributed by atoms with van der Waals surface area (Å²) in [5.41, 5.74) is 6.29. The fraction of sp³-hybridized carbons (Fsp3) is 0.160. The van der Waals surface area contributed by atoms with Crippen LogP contribution in [0.15, 0.2) is 76.7 Å². The molecule has 1 heterocycles. The lowest BCUT2D eigenvalue weighted by atomic mass is 10.1. The van der Waals surface area contributed by atoms with Crippen LogP contribution in [0, 0.1) is 27.7 Å². The molecule has 4 nitrogen and oxygen atoms in total. The average molecular weight is 417 g/mol. The van der Waals surface area contributed by atoms with Crippen LogP contribution in [0.4, 0.5) is 11.4 Å². The van der Waals surface area contributed by atoms with Crippen molar-refractivity contribution in [1.82, 2.24) is 4.98 Å². The predicted molar refractivity (Wildman–Crippen MR) is 122 cm³/mol. The number of fused-ring (bicyclic) bond motifs is 1. The fourth-order valence-electron chi connectivity index (χ4n) is 3.41. The molecule has 0 saturated carbocycles. The number of benzene rings is 3. The maximum atomic E-state index is 13.6. The molecule has 5 heteroatoms. The van der Waals surface area contributed by atoms with Crippen molar-refractivity contribution in [3.63, 3.8) is 0 Å². The van der Waals surface area contributed by atoms with Gasteiger partial charge >= 0.3 is 0 Å². The van der Waals surface area contributed by atoms with Crippen LogP contribution in [-0.4, -0.2) is 13.4 Å². The van der Waals surface area contributed by atoms with E-state index in [1.165, 1.54) is 6.20 Å². The number of sulfone groups is 1. The molecule has 0 aliphatic heterocycles. The lowest BCUT2D eigenvalue weighted by molar-refractivity contribution is 0.596. The number of rotatable bonds is 4. The minimum Gasteiger partial charge on any atom is -0.354 e. The third kappa shape index (κ3) is 3.68. The molecular formula is C25H24N2O2S. The molecule has 30 heavy (non-hydrogen) atoms. The molecule has 1 aromatic heterocycles. The van der Waals surface area contributed by atoms with Gasteiger partial charge in [0.15, 0.2) is 0 Å². The van der Waals surface area contributed by atoms with E-state index in [0.29, 0.717) is 5.69 Å². The summed E-state index contributed by atoms with van der Waals surface area (Å²) in [7, 11) is -3.77. The number of hydrogen-bond acceptors (Lipinski definition) is 4. The highest BCUT2D eigenvalue weighted by Crippen LogP contribution is 2.36. The van der Waals surface area contributed by atoms with Gasteiger partial charge in [-0.25, -0.2) is 8.42 Å². The van der Waals surface area contributed by atoms with Crippen molar-refractivity contribution in [3.8, 4) is 0 Å². The van der Waals surface area contributed by atoms with E-state index in [-0.39, 0.29) is 9.79 Å². The molecule has 0 aliphatic rings. The van der Waals surface area contributed by atoms with Crippen molar-refractivity contribution in [2.75, 3.05) is 5.32 Å². The van der Waals surface area contributed by atoms with Crippen LogP contribution in [0.5, 0.6) is 0 Å². The first-order valence-corrected chi connectivity index (χ1v) is 11.3. The molecule has 152 valence electrons. The summed E-state index contributed by atoms with van der Waals surface area (Å²) in [5, 5.41) is 4.13. The Balaban J connectivity index is 1.96. The molecule has 0 aliphatic carbocycles. The second-order valence-corrected chi connectivity index (χ2v) is 9.68. The summed E-state index contributed by atoms with van der Waals surface area (Å²) < 4.78 is 27.2. The lowest BCUT2D eigenvalue weighted by Gasteiger charge is -2.16. The summed E-state index contributed by atoms with van der Waals surface area (Å²) in [6, 6.07) is 19.0. The summed E-state index contributed by atoms with van der Waals surface area (Å²) in [6.45, 7) is 7.89. The zero-order chi connectivity index (χ0) is 21.5. The molecule has 1 N–H and O–H groups in total. The smallest absolute Gasteiger partial charge is 0.210 e. The minimum absolute atomic E-state index is 0.171. The van der Waals surface area contributed by atoms with Crippen LogP contribution in [-0.2, 0) is 9.84 Å². The first kappa shape index (κ1) is 20.1. The van der Waals surface area contributed by atoms with Gasteiger partial charge in [0.25, 0.3) is 0 Å². The van der Waals surface area contributed by atoms with Crippen molar-refractivity contribution >= 4 is 32.1 Å². The molecule has 0 unspecified atom stereocenters. The lowest BCUT2D eigenvalue weighted by Crippen LogP contribution is -2.08. The van der Waals surface area contributed by atoms with Crippen LogP contribution in [0.1, 0.15) is 22.3 Å². The van der Waals surface area contributed by atoms with Gasteiger partial charge in [-0.15, -0.1) is 0 Å². The van der Waals surface area contributed by atoms with Gasteiger partial charge in [0.2, 0.25) is 9.84 Å². The summed E-state index contributed by atoms with van der Waals surface area (Å²) in [5.74, 6) is 0. The number of hydrogen-bond donors (Lipinski definition) is 1. The Labute approximate surface area is 177 Å². The number of anilines is 2. The Morgan fingerprint density at radius 2 is 1.47 bits per heavy atom. The van der Waals surface area contributed by atoms with Crippen molar-refractivity contribution in [2.45, 2.75) is 37.5 Å². The molecule has 0 fully saturated rings. The van der Waals surface area contributed by atoms with E-state index in [2.05, 4.69) is 10.3 Å². The summed E-state index contributed by atoms with van der Waals surface area (Å²) in [4.78, 5) is 4.89. The van der Waals surface area contributed by atoms with Crippen LogP contribution in [0.25, 0.3) is 10.9 Å². The molecule has 0 saturated heterocycles. The molecule has 0 spiro atoms. The van der Waals surface area contributed by atoms with E-state index in [4.69, 9.17) is 0 Å². The second-order valence-electron chi connectivity index (χ2n) is 7.76. The number of nitrogens with zero attached hydrogens (tertiary/aromatic N) is 1. The fourth-order valence-corrected chi connectivity index (χ4v) is 4.86. The van der Waals surface area contributed by atoms with E-state index >= 15 is 0 Å². The molecular weight excluding hydrogens is 392 g/mol. The van der Waals surface area contributed by atoms with E-state index in [1.54, 1.807) is 12.1 Å². The molecule has 0 bridgehead atoms. The van der Waals surface area contributed by atoms with Gasteiger partial charge in [0.05, 0.1) is 16.1 Å². The third-order valence-corrected chi connectivity index (χ3v) is 7.15. The maximum absolute atomic E-state index is 13.6. The Kier molecular flexibility index (Phi) is 5.08. The molecule has 0 atom stereocenters. The number of nitrogens with one attached hydrogen (secondary N) is 1. The molecule has 0 amide bonds. The predicted octanol–water partition coefficient (Wildman–Crippen LogP) is 6.04. The van der Waals surface area contributed by atoms with Crippen molar-refractivity contribution < 1.29 is 8.42 Å². The van der Waals surface area contributed by atoms with Gasteiger partial charge in [-0.3, -0.25) is 4.98 Å². The number of pyridine rings is 1. The highest BCUT2D eigenvalue weighted by Gasteiger charge is 2.24. The summed E-state index contributed by atoms with van der Waals surface area (Å²) in [6.07, 6.45) is 1.46. The molecule has 4 aromatic rings. The Bertz CT molecular complexity index is 1360. The average Bonchev–Trinajstić information content (AvgIpc) is 2.71. The number of aryl methyl sites for hydroxylation is 4. The largest absolute Gasteiger partial charge is 0.354 e. The van der Waals surface area contributed by atoms with Gasteiger partial charge in [-0.1, -0.05) is 35.4 Å². The summed E-state index contributed by atoms with van der Waals surface area (Å²) >= 11 is 0. The molecule has 4 rings (SSSR count). The Morgan fingerprint density at radius 1 is 0.767 bits per heavy atom. The SMILES string of the molecule is Cc1ccc(Nc2c(S(=O)(=O)c3ccc(C)c(C)c3)cnc3ccc(C)cc23)cc1. The van der Waals surface area contributed by atoms with Crippen LogP contribution in [0.3, 0.4) is 0 Å². The second kappa shape index (κ2) is 7.58. The zero-order valence-corrected chi connectivity index (χ0v) is 18.3. The quantitative estimate of drug-likeness (QED) is 0.440. The maximum Gasteiger partial charge on any atom is 0.210 e. The zero-order valence-electron chi connectivity index (χ0n) is 17.5. The first-order chi connectivity index (χ1) is 14.3. The van der Waals surface area contributed by atoms with Gasteiger partial charge in [0, 0.05) is 17.3 Å². The van der Waals surface area contributed by atoms with Crippen molar-refractivity contribution in [2.24, 2.45) is 0 Å². The number of aromatic nitrogens is 1. The highest BCUT2D eigenvalue weighted by atomic mass is 32.2.